The average Bonchev–Trinajstić information content (AvgIpc) is 2.35. The van der Waals surface area contributed by atoms with Gasteiger partial charge in [0.1, 0.15) is 0 Å². The van der Waals surface area contributed by atoms with Crippen molar-refractivity contribution in [1.82, 2.24) is 9.97 Å². The Labute approximate surface area is 102 Å². The van der Waals surface area contributed by atoms with Crippen molar-refractivity contribution in [2.75, 3.05) is 5.32 Å². The third-order valence-corrected chi connectivity index (χ3v) is 2.37. The molecule has 6 nitrogen and oxygen atoms in total. The first-order valence-electron chi connectivity index (χ1n) is 5.29. The first-order valence-corrected chi connectivity index (χ1v) is 5.29. The van der Waals surface area contributed by atoms with Gasteiger partial charge in [-0.25, -0.2) is 4.79 Å². The van der Waals surface area contributed by atoms with Gasteiger partial charge in [0, 0.05) is 23.0 Å². The summed E-state index contributed by atoms with van der Waals surface area (Å²) in [6.07, 6.45) is 0.739. The molecule has 6 heteroatoms. The van der Waals surface area contributed by atoms with Gasteiger partial charge in [-0.1, -0.05) is 12.1 Å². The Morgan fingerprint density at radius 1 is 1.17 bits per heavy atom. The number of nitrogens with one attached hydrogen (secondary N) is 3. The van der Waals surface area contributed by atoms with Crippen LogP contribution in [0.5, 0.6) is 0 Å². The summed E-state index contributed by atoms with van der Waals surface area (Å²) in [5, 5.41) is 2.98. The molecule has 2 rings (SSSR count). The van der Waals surface area contributed by atoms with Crippen LogP contribution in [0.2, 0.25) is 0 Å². The highest BCUT2D eigenvalue weighted by Crippen LogP contribution is 2.12. The lowest BCUT2D eigenvalue weighted by molar-refractivity contribution is 0.112. The maximum absolute atomic E-state index is 11.1. The number of aldehydes is 1. The normalized spacial score (nSPS) is 10.0. The maximum atomic E-state index is 11.1. The molecule has 92 valence electrons. The summed E-state index contributed by atoms with van der Waals surface area (Å²) in [5.41, 5.74) is 0.602. The van der Waals surface area contributed by atoms with E-state index in [1.807, 2.05) is 0 Å². The van der Waals surface area contributed by atoms with Crippen LogP contribution in [0.25, 0.3) is 0 Å². The van der Waals surface area contributed by atoms with E-state index >= 15 is 0 Å². The minimum absolute atomic E-state index is 0.254. The summed E-state index contributed by atoms with van der Waals surface area (Å²) in [7, 11) is 0. The topological polar surface area (TPSA) is 94.8 Å². The summed E-state index contributed by atoms with van der Waals surface area (Å²) >= 11 is 0. The number of carbonyl (C=O) groups excluding carboxylic acids is 1. The minimum atomic E-state index is -0.553. The van der Waals surface area contributed by atoms with Gasteiger partial charge in [-0.05, 0) is 12.1 Å². The third kappa shape index (κ3) is 2.73. The van der Waals surface area contributed by atoms with Gasteiger partial charge < -0.3 is 10.3 Å². The van der Waals surface area contributed by atoms with Crippen LogP contribution < -0.4 is 16.6 Å². The molecule has 0 aliphatic heterocycles. The fourth-order valence-electron chi connectivity index (χ4n) is 1.57. The zero-order chi connectivity index (χ0) is 13.0. The number of benzene rings is 1. The van der Waals surface area contributed by atoms with Crippen molar-refractivity contribution < 1.29 is 4.79 Å². The molecule has 0 aliphatic carbocycles. The summed E-state index contributed by atoms with van der Waals surface area (Å²) in [6, 6.07) is 8.25. The molecular formula is C12H11N3O3. The van der Waals surface area contributed by atoms with Crippen LogP contribution in [0.4, 0.5) is 5.69 Å². The SMILES string of the molecule is O=Cc1ccccc1NCc1cc(=O)[nH]c(=O)[nH]1. The first-order chi connectivity index (χ1) is 8.69. The smallest absolute Gasteiger partial charge is 0.325 e. The van der Waals surface area contributed by atoms with Gasteiger partial charge in [-0.3, -0.25) is 14.6 Å². The van der Waals surface area contributed by atoms with Gasteiger partial charge in [-0.2, -0.15) is 0 Å². The average molecular weight is 245 g/mol. The molecule has 1 aromatic heterocycles. The largest absolute Gasteiger partial charge is 0.379 e. The van der Waals surface area contributed by atoms with Crippen LogP contribution in [-0.2, 0) is 6.54 Å². The third-order valence-electron chi connectivity index (χ3n) is 2.37. The van der Waals surface area contributed by atoms with Crippen LogP contribution in [0, 0.1) is 0 Å². The molecule has 3 N–H and O–H groups in total. The Morgan fingerprint density at radius 3 is 2.67 bits per heavy atom. The molecule has 0 saturated carbocycles. The van der Waals surface area contributed by atoms with Gasteiger partial charge >= 0.3 is 5.69 Å². The van der Waals surface area contributed by atoms with E-state index in [4.69, 9.17) is 0 Å². The van der Waals surface area contributed by atoms with Crippen LogP contribution in [0.3, 0.4) is 0 Å². The molecule has 0 saturated heterocycles. The quantitative estimate of drug-likeness (QED) is 0.683. The lowest BCUT2D eigenvalue weighted by atomic mass is 10.2. The van der Waals surface area contributed by atoms with Crippen molar-refractivity contribution >= 4 is 12.0 Å². The maximum Gasteiger partial charge on any atom is 0.325 e. The van der Waals surface area contributed by atoms with Crippen molar-refractivity contribution in [3.63, 3.8) is 0 Å². The Morgan fingerprint density at radius 2 is 1.94 bits per heavy atom. The summed E-state index contributed by atoms with van der Waals surface area (Å²) in [5.74, 6) is 0. The lowest BCUT2D eigenvalue weighted by Gasteiger charge is -2.07. The monoisotopic (exact) mass is 245 g/mol. The second-order valence-corrected chi connectivity index (χ2v) is 3.67. The molecule has 0 aliphatic rings. The van der Waals surface area contributed by atoms with Crippen LogP contribution in [-0.4, -0.2) is 16.3 Å². The lowest BCUT2D eigenvalue weighted by Crippen LogP contribution is -2.23. The van der Waals surface area contributed by atoms with Gasteiger partial charge in [-0.15, -0.1) is 0 Å². The number of H-pyrrole nitrogens is 2. The van der Waals surface area contributed by atoms with E-state index in [0.29, 0.717) is 16.9 Å². The molecule has 1 aromatic carbocycles. The number of para-hydroxylation sites is 1. The number of rotatable bonds is 4. The number of carbonyl (C=O) groups is 1. The van der Waals surface area contributed by atoms with Gasteiger partial charge in [0.2, 0.25) is 0 Å². The van der Waals surface area contributed by atoms with Gasteiger partial charge in [0.05, 0.1) is 6.54 Å². The van der Waals surface area contributed by atoms with E-state index in [9.17, 15) is 14.4 Å². The van der Waals surface area contributed by atoms with Crippen molar-refractivity contribution in [1.29, 1.82) is 0 Å². The van der Waals surface area contributed by atoms with Crippen molar-refractivity contribution in [2.24, 2.45) is 0 Å². The van der Waals surface area contributed by atoms with Crippen molar-refractivity contribution in [2.45, 2.75) is 6.54 Å². The van der Waals surface area contributed by atoms with E-state index in [-0.39, 0.29) is 6.54 Å². The standard InChI is InChI=1S/C12H11N3O3/c16-7-8-3-1-2-4-10(8)13-6-9-5-11(17)15-12(18)14-9/h1-5,7,13H,6H2,(H2,14,15,17,18). The van der Waals surface area contributed by atoms with Crippen LogP contribution >= 0.6 is 0 Å². The number of hydrogen-bond donors (Lipinski definition) is 3. The van der Waals surface area contributed by atoms with E-state index in [1.54, 1.807) is 24.3 Å². The summed E-state index contributed by atoms with van der Waals surface area (Å²) in [6.45, 7) is 0.254. The Kier molecular flexibility index (Phi) is 3.38. The molecule has 0 amide bonds. The highest BCUT2D eigenvalue weighted by Gasteiger charge is 2.01. The molecular weight excluding hydrogens is 234 g/mol. The highest BCUT2D eigenvalue weighted by atomic mass is 16.2. The zero-order valence-electron chi connectivity index (χ0n) is 9.40. The van der Waals surface area contributed by atoms with E-state index < -0.39 is 11.2 Å². The molecule has 0 radical (unpaired) electrons. The molecule has 1 heterocycles. The molecule has 0 bridgehead atoms. The Hall–Kier alpha value is -2.63. The van der Waals surface area contributed by atoms with Crippen molar-refractivity contribution in [3.05, 3.63) is 62.4 Å². The zero-order valence-corrected chi connectivity index (χ0v) is 9.40. The minimum Gasteiger partial charge on any atom is -0.379 e. The molecule has 0 fully saturated rings. The van der Waals surface area contributed by atoms with Crippen molar-refractivity contribution in [3.8, 4) is 0 Å². The van der Waals surface area contributed by atoms with Gasteiger partial charge in [0.15, 0.2) is 6.29 Å². The first kappa shape index (κ1) is 11.8. The highest BCUT2D eigenvalue weighted by molar-refractivity contribution is 5.83. The fourth-order valence-corrected chi connectivity index (χ4v) is 1.57. The van der Waals surface area contributed by atoms with Crippen LogP contribution in [0.1, 0.15) is 16.1 Å². The van der Waals surface area contributed by atoms with Crippen LogP contribution in [0.15, 0.2) is 39.9 Å². The second kappa shape index (κ2) is 5.13. The van der Waals surface area contributed by atoms with E-state index in [0.717, 1.165) is 6.29 Å². The van der Waals surface area contributed by atoms with E-state index in [1.165, 1.54) is 6.07 Å². The number of hydrogen-bond acceptors (Lipinski definition) is 4. The Balaban J connectivity index is 2.18. The predicted octanol–water partition coefficient (Wildman–Crippen LogP) is 0.488. The molecule has 0 atom stereocenters. The summed E-state index contributed by atoms with van der Waals surface area (Å²) < 4.78 is 0. The summed E-state index contributed by atoms with van der Waals surface area (Å²) in [4.78, 5) is 37.5. The number of aromatic amines is 2. The fraction of sp³-hybridized carbons (Fsp3) is 0.0833. The molecule has 0 spiro atoms. The predicted molar refractivity (Wildman–Crippen MR) is 66.8 cm³/mol. The number of anilines is 1. The Bertz CT molecular complexity index is 644. The molecule has 0 unspecified atom stereocenters. The number of aromatic nitrogens is 2. The molecule has 18 heavy (non-hydrogen) atoms. The van der Waals surface area contributed by atoms with E-state index in [2.05, 4.69) is 15.3 Å². The second-order valence-electron chi connectivity index (χ2n) is 3.67. The molecule has 2 aromatic rings. The van der Waals surface area contributed by atoms with Gasteiger partial charge in [0.25, 0.3) is 5.56 Å².